The van der Waals surface area contributed by atoms with Crippen LogP contribution in [0.1, 0.15) is 20.8 Å². The van der Waals surface area contributed by atoms with Gasteiger partial charge in [0.05, 0.1) is 19.3 Å². The molecule has 0 saturated carbocycles. The van der Waals surface area contributed by atoms with E-state index in [1.54, 1.807) is 20.8 Å². The van der Waals surface area contributed by atoms with Crippen molar-refractivity contribution in [2.45, 2.75) is 32.4 Å². The fraction of sp³-hybridized carbons (Fsp3) is 0.800. The molecule has 1 amide bonds. The SMILES string of the molecule is CC(C)(C)OC(=O)N1CCOC[C@H]1C#N. The average molecular weight is 212 g/mol. The summed E-state index contributed by atoms with van der Waals surface area (Å²) in [6.07, 6.45) is -0.447. The van der Waals surface area contributed by atoms with Gasteiger partial charge in [0, 0.05) is 6.54 Å². The average Bonchev–Trinajstić information content (AvgIpc) is 2.15. The minimum Gasteiger partial charge on any atom is -0.444 e. The van der Waals surface area contributed by atoms with Crippen molar-refractivity contribution in [3.05, 3.63) is 0 Å². The monoisotopic (exact) mass is 212 g/mol. The fourth-order valence-corrected chi connectivity index (χ4v) is 1.25. The lowest BCUT2D eigenvalue weighted by Crippen LogP contribution is -2.49. The summed E-state index contributed by atoms with van der Waals surface area (Å²) in [4.78, 5) is 13.1. The highest BCUT2D eigenvalue weighted by atomic mass is 16.6. The minimum atomic E-state index is -0.534. The number of nitrogens with zero attached hydrogens (tertiary/aromatic N) is 2. The van der Waals surface area contributed by atoms with E-state index < -0.39 is 17.7 Å². The van der Waals surface area contributed by atoms with Crippen molar-refractivity contribution in [3.8, 4) is 6.07 Å². The number of nitriles is 1. The number of carbonyl (C=O) groups excluding carboxylic acids is 1. The molecule has 0 N–H and O–H groups in total. The van der Waals surface area contributed by atoms with E-state index in [2.05, 4.69) is 0 Å². The smallest absolute Gasteiger partial charge is 0.411 e. The first-order chi connectivity index (χ1) is 6.94. The Morgan fingerprint density at radius 3 is 2.80 bits per heavy atom. The summed E-state index contributed by atoms with van der Waals surface area (Å²) in [5.74, 6) is 0. The van der Waals surface area contributed by atoms with Crippen molar-refractivity contribution in [1.29, 1.82) is 5.26 Å². The van der Waals surface area contributed by atoms with Gasteiger partial charge >= 0.3 is 6.09 Å². The summed E-state index contributed by atoms with van der Waals surface area (Å²) in [5, 5.41) is 8.83. The van der Waals surface area contributed by atoms with E-state index in [0.29, 0.717) is 13.2 Å². The zero-order chi connectivity index (χ0) is 11.5. The van der Waals surface area contributed by atoms with Gasteiger partial charge in [-0.2, -0.15) is 5.26 Å². The highest BCUT2D eigenvalue weighted by Gasteiger charge is 2.30. The molecular formula is C10H16N2O3. The molecule has 1 saturated heterocycles. The quantitative estimate of drug-likeness (QED) is 0.604. The summed E-state index contributed by atoms with van der Waals surface area (Å²) in [6.45, 7) is 6.52. The van der Waals surface area contributed by atoms with E-state index in [-0.39, 0.29) is 6.61 Å². The van der Waals surface area contributed by atoms with Crippen LogP contribution in [0.25, 0.3) is 0 Å². The van der Waals surface area contributed by atoms with E-state index in [1.165, 1.54) is 4.90 Å². The standard InChI is InChI=1S/C10H16N2O3/c1-10(2,3)15-9(13)12-4-5-14-7-8(12)6-11/h8H,4-5,7H2,1-3H3/t8-/m1/s1. The van der Waals surface area contributed by atoms with Gasteiger partial charge in [-0.05, 0) is 20.8 Å². The maximum absolute atomic E-state index is 11.7. The predicted molar refractivity (Wildman–Crippen MR) is 53.2 cm³/mol. The van der Waals surface area contributed by atoms with Crippen molar-refractivity contribution < 1.29 is 14.3 Å². The van der Waals surface area contributed by atoms with Crippen LogP contribution in [0.3, 0.4) is 0 Å². The van der Waals surface area contributed by atoms with Crippen molar-refractivity contribution in [2.24, 2.45) is 0 Å². The Kier molecular flexibility index (Phi) is 3.53. The lowest BCUT2D eigenvalue weighted by atomic mass is 10.2. The Balaban J connectivity index is 2.61. The van der Waals surface area contributed by atoms with Crippen LogP contribution < -0.4 is 0 Å². The Hall–Kier alpha value is -1.28. The Morgan fingerprint density at radius 1 is 1.60 bits per heavy atom. The molecule has 5 heteroatoms. The largest absolute Gasteiger partial charge is 0.444 e. The second kappa shape index (κ2) is 4.49. The molecule has 0 bridgehead atoms. The molecule has 0 aromatic heterocycles. The fourth-order valence-electron chi connectivity index (χ4n) is 1.25. The third-order valence-electron chi connectivity index (χ3n) is 1.91. The molecule has 0 spiro atoms. The van der Waals surface area contributed by atoms with Gasteiger partial charge in [0.15, 0.2) is 0 Å². The van der Waals surface area contributed by atoms with Gasteiger partial charge in [0.1, 0.15) is 11.6 Å². The zero-order valence-electron chi connectivity index (χ0n) is 9.32. The van der Waals surface area contributed by atoms with Gasteiger partial charge in [-0.25, -0.2) is 4.79 Å². The molecule has 0 aromatic carbocycles. The predicted octanol–water partition coefficient (Wildman–Crippen LogP) is 1.15. The maximum atomic E-state index is 11.7. The van der Waals surface area contributed by atoms with Gasteiger partial charge in [-0.1, -0.05) is 0 Å². The molecule has 1 aliphatic rings. The lowest BCUT2D eigenvalue weighted by Gasteiger charge is -2.33. The van der Waals surface area contributed by atoms with Crippen LogP contribution in [0.4, 0.5) is 4.79 Å². The summed E-state index contributed by atoms with van der Waals surface area (Å²) in [6, 6.07) is 1.49. The topological polar surface area (TPSA) is 62.6 Å². The highest BCUT2D eigenvalue weighted by Crippen LogP contribution is 2.13. The molecule has 0 aliphatic carbocycles. The number of rotatable bonds is 0. The van der Waals surface area contributed by atoms with Crippen LogP contribution in [0.5, 0.6) is 0 Å². The van der Waals surface area contributed by atoms with E-state index >= 15 is 0 Å². The Bertz CT molecular complexity index is 277. The van der Waals surface area contributed by atoms with Crippen molar-refractivity contribution >= 4 is 6.09 Å². The van der Waals surface area contributed by atoms with Crippen LogP contribution >= 0.6 is 0 Å². The van der Waals surface area contributed by atoms with Crippen molar-refractivity contribution in [1.82, 2.24) is 4.90 Å². The summed E-state index contributed by atoms with van der Waals surface area (Å²) >= 11 is 0. The lowest BCUT2D eigenvalue weighted by molar-refractivity contribution is -0.0202. The van der Waals surface area contributed by atoms with E-state index in [1.807, 2.05) is 6.07 Å². The molecule has 1 heterocycles. The first-order valence-electron chi connectivity index (χ1n) is 4.91. The number of ether oxygens (including phenoxy) is 2. The van der Waals surface area contributed by atoms with Gasteiger partial charge in [-0.15, -0.1) is 0 Å². The molecule has 84 valence electrons. The third kappa shape index (κ3) is 3.40. The molecule has 1 fully saturated rings. The first kappa shape index (κ1) is 11.8. The van der Waals surface area contributed by atoms with Crippen molar-refractivity contribution in [2.75, 3.05) is 19.8 Å². The molecule has 0 radical (unpaired) electrons. The van der Waals surface area contributed by atoms with E-state index in [4.69, 9.17) is 14.7 Å². The van der Waals surface area contributed by atoms with E-state index in [9.17, 15) is 4.79 Å². The number of carbonyl (C=O) groups is 1. The van der Waals surface area contributed by atoms with Crippen LogP contribution in [0.15, 0.2) is 0 Å². The molecule has 1 atom stereocenters. The molecule has 1 aliphatic heterocycles. The van der Waals surface area contributed by atoms with Gasteiger partial charge < -0.3 is 9.47 Å². The Morgan fingerprint density at radius 2 is 2.27 bits per heavy atom. The molecule has 15 heavy (non-hydrogen) atoms. The molecule has 1 rings (SSSR count). The normalized spacial score (nSPS) is 22.0. The number of amides is 1. The summed E-state index contributed by atoms with van der Waals surface area (Å²) < 4.78 is 10.3. The summed E-state index contributed by atoms with van der Waals surface area (Å²) in [5.41, 5.74) is -0.532. The number of hydrogen-bond acceptors (Lipinski definition) is 4. The zero-order valence-corrected chi connectivity index (χ0v) is 9.32. The molecular weight excluding hydrogens is 196 g/mol. The minimum absolute atomic E-state index is 0.260. The van der Waals surface area contributed by atoms with Gasteiger partial charge in [0.2, 0.25) is 0 Å². The van der Waals surface area contributed by atoms with Crippen LogP contribution in [-0.2, 0) is 9.47 Å². The van der Waals surface area contributed by atoms with E-state index in [0.717, 1.165) is 0 Å². The van der Waals surface area contributed by atoms with Gasteiger partial charge in [-0.3, -0.25) is 4.90 Å². The van der Waals surface area contributed by atoms with Crippen LogP contribution in [-0.4, -0.2) is 42.4 Å². The van der Waals surface area contributed by atoms with Gasteiger partial charge in [0.25, 0.3) is 0 Å². The second-order valence-corrected chi connectivity index (χ2v) is 4.39. The maximum Gasteiger partial charge on any atom is 0.411 e. The Labute approximate surface area is 89.6 Å². The third-order valence-corrected chi connectivity index (χ3v) is 1.91. The van der Waals surface area contributed by atoms with Crippen LogP contribution in [0, 0.1) is 11.3 Å². The van der Waals surface area contributed by atoms with Crippen LogP contribution in [0.2, 0.25) is 0 Å². The second-order valence-electron chi connectivity index (χ2n) is 4.39. The van der Waals surface area contributed by atoms with Crippen molar-refractivity contribution in [3.63, 3.8) is 0 Å². The number of hydrogen-bond donors (Lipinski definition) is 0. The number of morpholine rings is 1. The summed E-state index contributed by atoms with van der Waals surface area (Å²) in [7, 11) is 0. The first-order valence-corrected chi connectivity index (χ1v) is 4.91. The molecule has 0 unspecified atom stereocenters. The molecule has 0 aromatic rings. The molecule has 5 nitrogen and oxygen atoms in total. The highest BCUT2D eigenvalue weighted by molar-refractivity contribution is 5.69.